The van der Waals surface area contributed by atoms with E-state index < -0.39 is 0 Å². The molecule has 3 heteroatoms. The highest BCUT2D eigenvalue weighted by Gasteiger charge is 2.03. The second-order valence-electron chi connectivity index (χ2n) is 4.92. The van der Waals surface area contributed by atoms with Crippen molar-refractivity contribution in [3.63, 3.8) is 0 Å². The van der Waals surface area contributed by atoms with Gasteiger partial charge in [-0.1, -0.05) is 0 Å². The van der Waals surface area contributed by atoms with Gasteiger partial charge in [-0.2, -0.15) is 0 Å². The summed E-state index contributed by atoms with van der Waals surface area (Å²) in [7, 11) is 3.95. The summed E-state index contributed by atoms with van der Waals surface area (Å²) in [6.45, 7) is 9.88. The van der Waals surface area contributed by atoms with Crippen LogP contribution in [0.1, 0.15) is 40.0 Å². The molecule has 0 aromatic heterocycles. The lowest BCUT2D eigenvalue weighted by Crippen LogP contribution is -2.30. The molecule has 0 amide bonds. The van der Waals surface area contributed by atoms with Crippen molar-refractivity contribution in [2.45, 2.75) is 52.1 Å². The van der Waals surface area contributed by atoms with Gasteiger partial charge in [0.15, 0.2) is 0 Å². The fourth-order valence-electron chi connectivity index (χ4n) is 1.49. The van der Waals surface area contributed by atoms with Crippen LogP contribution in [0.15, 0.2) is 0 Å². The number of methoxy groups -OCH3 is 1. The molecule has 1 atom stereocenters. The second kappa shape index (κ2) is 10.1. The lowest BCUT2D eigenvalue weighted by Gasteiger charge is -2.21. The van der Waals surface area contributed by atoms with Crippen molar-refractivity contribution in [2.75, 3.05) is 33.9 Å². The van der Waals surface area contributed by atoms with Gasteiger partial charge in [0.05, 0.1) is 0 Å². The minimum absolute atomic E-state index is 0.572. The van der Waals surface area contributed by atoms with E-state index in [1.165, 1.54) is 19.4 Å². The molecule has 0 radical (unpaired) electrons. The summed E-state index contributed by atoms with van der Waals surface area (Å²) >= 11 is 0. The van der Waals surface area contributed by atoms with Crippen LogP contribution in [0.2, 0.25) is 0 Å². The predicted molar refractivity (Wildman–Crippen MR) is 71.0 cm³/mol. The molecule has 1 N–H and O–H groups in total. The van der Waals surface area contributed by atoms with Gasteiger partial charge in [-0.05, 0) is 60.2 Å². The van der Waals surface area contributed by atoms with Gasteiger partial charge in [0.2, 0.25) is 0 Å². The molecule has 0 aliphatic carbocycles. The number of hydrogen-bond donors (Lipinski definition) is 1. The molecule has 0 rings (SSSR count). The van der Waals surface area contributed by atoms with E-state index in [0.29, 0.717) is 12.1 Å². The quantitative estimate of drug-likeness (QED) is 0.582. The molecule has 16 heavy (non-hydrogen) atoms. The first-order valence-corrected chi connectivity index (χ1v) is 6.50. The molecular formula is C13H30N2O. The number of unbranched alkanes of at least 4 members (excludes halogenated alkanes) is 1. The fraction of sp³-hybridized carbons (Fsp3) is 1.00. The molecule has 1 unspecified atom stereocenters. The first kappa shape index (κ1) is 15.9. The fourth-order valence-corrected chi connectivity index (χ4v) is 1.49. The molecule has 0 saturated heterocycles. The van der Waals surface area contributed by atoms with Crippen molar-refractivity contribution >= 4 is 0 Å². The van der Waals surface area contributed by atoms with E-state index in [9.17, 15) is 0 Å². The third-order valence-corrected chi connectivity index (χ3v) is 3.07. The van der Waals surface area contributed by atoms with Crippen molar-refractivity contribution in [3.05, 3.63) is 0 Å². The maximum absolute atomic E-state index is 5.05. The summed E-state index contributed by atoms with van der Waals surface area (Å²) in [5.74, 6) is 0. The van der Waals surface area contributed by atoms with Crippen LogP contribution in [0, 0.1) is 0 Å². The Bertz CT molecular complexity index is 151. The molecule has 0 fully saturated rings. The van der Waals surface area contributed by atoms with Gasteiger partial charge >= 0.3 is 0 Å². The van der Waals surface area contributed by atoms with Gasteiger partial charge in [0.1, 0.15) is 0 Å². The summed E-state index contributed by atoms with van der Waals surface area (Å²) in [5, 5.41) is 3.52. The third-order valence-electron chi connectivity index (χ3n) is 3.07. The van der Waals surface area contributed by atoms with E-state index in [2.05, 4.69) is 38.0 Å². The van der Waals surface area contributed by atoms with E-state index in [0.717, 1.165) is 19.6 Å². The zero-order valence-electron chi connectivity index (χ0n) is 11.8. The highest BCUT2D eigenvalue weighted by atomic mass is 16.5. The molecule has 0 spiro atoms. The number of hydrogen-bond acceptors (Lipinski definition) is 3. The Balaban J connectivity index is 3.26. The number of rotatable bonds is 10. The van der Waals surface area contributed by atoms with Crippen molar-refractivity contribution in [1.29, 1.82) is 0 Å². The molecule has 0 aromatic carbocycles. The molecule has 0 bridgehead atoms. The first-order valence-electron chi connectivity index (χ1n) is 6.50. The van der Waals surface area contributed by atoms with Gasteiger partial charge in [0, 0.05) is 25.8 Å². The summed E-state index contributed by atoms with van der Waals surface area (Å²) in [6.07, 6.45) is 3.63. The van der Waals surface area contributed by atoms with Crippen LogP contribution >= 0.6 is 0 Å². The van der Waals surface area contributed by atoms with Crippen LogP contribution in [-0.2, 0) is 4.74 Å². The Labute approximate surface area is 102 Å². The van der Waals surface area contributed by atoms with Crippen LogP contribution < -0.4 is 5.32 Å². The summed E-state index contributed by atoms with van der Waals surface area (Å²) in [4.78, 5) is 2.40. The standard InChI is InChI=1S/C13H30N2O/c1-12(2)15(4)10-7-6-9-14-13(3)8-11-16-5/h12-14H,6-11H2,1-5H3. The van der Waals surface area contributed by atoms with Gasteiger partial charge in [-0.3, -0.25) is 0 Å². The predicted octanol–water partition coefficient (Wildman–Crippen LogP) is 2.12. The van der Waals surface area contributed by atoms with E-state index in [-0.39, 0.29) is 0 Å². The molecule has 0 aliphatic rings. The highest BCUT2D eigenvalue weighted by Crippen LogP contribution is 1.98. The van der Waals surface area contributed by atoms with Crippen LogP contribution in [0.5, 0.6) is 0 Å². The Morgan fingerprint density at radius 2 is 1.88 bits per heavy atom. The van der Waals surface area contributed by atoms with Crippen LogP contribution in [0.4, 0.5) is 0 Å². The Morgan fingerprint density at radius 3 is 2.44 bits per heavy atom. The van der Waals surface area contributed by atoms with Crippen molar-refractivity contribution in [3.8, 4) is 0 Å². The van der Waals surface area contributed by atoms with Crippen LogP contribution in [-0.4, -0.2) is 50.8 Å². The first-order chi connectivity index (χ1) is 7.57. The van der Waals surface area contributed by atoms with E-state index in [4.69, 9.17) is 4.74 Å². The number of nitrogens with zero attached hydrogens (tertiary/aromatic N) is 1. The monoisotopic (exact) mass is 230 g/mol. The topological polar surface area (TPSA) is 24.5 Å². The van der Waals surface area contributed by atoms with Gasteiger partial charge in [-0.15, -0.1) is 0 Å². The second-order valence-corrected chi connectivity index (χ2v) is 4.92. The maximum atomic E-state index is 5.05. The lowest BCUT2D eigenvalue weighted by molar-refractivity contribution is 0.184. The molecule has 0 aliphatic heterocycles. The highest BCUT2D eigenvalue weighted by molar-refractivity contribution is 4.61. The van der Waals surface area contributed by atoms with Crippen molar-refractivity contribution < 1.29 is 4.74 Å². The number of nitrogens with one attached hydrogen (secondary N) is 1. The Hall–Kier alpha value is -0.120. The minimum atomic E-state index is 0.572. The average Bonchev–Trinajstić information content (AvgIpc) is 2.25. The summed E-state index contributed by atoms with van der Waals surface area (Å²) in [5.41, 5.74) is 0. The maximum Gasteiger partial charge on any atom is 0.0476 e. The van der Waals surface area contributed by atoms with Crippen molar-refractivity contribution in [1.82, 2.24) is 10.2 Å². The minimum Gasteiger partial charge on any atom is -0.385 e. The van der Waals surface area contributed by atoms with E-state index in [1.54, 1.807) is 7.11 Å². The smallest absolute Gasteiger partial charge is 0.0476 e. The molecule has 0 heterocycles. The molecule has 3 nitrogen and oxygen atoms in total. The zero-order valence-corrected chi connectivity index (χ0v) is 11.8. The van der Waals surface area contributed by atoms with Gasteiger partial charge in [0.25, 0.3) is 0 Å². The van der Waals surface area contributed by atoms with Gasteiger partial charge in [-0.25, -0.2) is 0 Å². The van der Waals surface area contributed by atoms with E-state index >= 15 is 0 Å². The zero-order chi connectivity index (χ0) is 12.4. The van der Waals surface area contributed by atoms with Crippen LogP contribution in [0.25, 0.3) is 0 Å². The Kier molecular flexibility index (Phi) is 9.99. The third kappa shape index (κ3) is 9.13. The SMILES string of the molecule is COCCC(C)NCCCCN(C)C(C)C. The van der Waals surface area contributed by atoms with Crippen molar-refractivity contribution in [2.24, 2.45) is 0 Å². The molecular weight excluding hydrogens is 200 g/mol. The van der Waals surface area contributed by atoms with E-state index in [1.807, 2.05) is 0 Å². The summed E-state index contributed by atoms with van der Waals surface area (Å²) in [6, 6.07) is 1.23. The van der Waals surface area contributed by atoms with Crippen LogP contribution in [0.3, 0.4) is 0 Å². The summed E-state index contributed by atoms with van der Waals surface area (Å²) < 4.78 is 5.05. The largest absolute Gasteiger partial charge is 0.385 e. The van der Waals surface area contributed by atoms with Gasteiger partial charge < -0.3 is 15.0 Å². The normalized spacial score (nSPS) is 13.7. The molecule has 0 saturated carbocycles. The number of ether oxygens (including phenoxy) is 1. The lowest BCUT2D eigenvalue weighted by atomic mass is 10.2. The molecule has 98 valence electrons. The molecule has 0 aromatic rings. The average molecular weight is 230 g/mol. The Morgan fingerprint density at radius 1 is 1.19 bits per heavy atom.